The second-order valence-electron chi connectivity index (χ2n) is 7.58. The van der Waals surface area contributed by atoms with Crippen molar-refractivity contribution < 1.29 is 9.53 Å². The van der Waals surface area contributed by atoms with Gasteiger partial charge in [-0.3, -0.25) is 5.32 Å². The Morgan fingerprint density at radius 1 is 0.704 bits per heavy atom. The molecule has 0 spiro atoms. The second kappa shape index (κ2) is 17.9. The number of hydrogen-bond acceptors (Lipinski definition) is 2. The first kappa shape index (κ1) is 23.5. The molecule has 0 atom stereocenters. The minimum absolute atomic E-state index is 0.355. The van der Waals surface area contributed by atoms with Gasteiger partial charge in [0.25, 0.3) is 0 Å². The molecular formula is C24H41NO2. The predicted molar refractivity (Wildman–Crippen MR) is 116 cm³/mol. The van der Waals surface area contributed by atoms with Gasteiger partial charge in [-0.2, -0.15) is 0 Å². The van der Waals surface area contributed by atoms with E-state index in [1.165, 1.54) is 83.5 Å². The van der Waals surface area contributed by atoms with Crippen molar-refractivity contribution in [2.24, 2.45) is 0 Å². The van der Waals surface area contributed by atoms with E-state index < -0.39 is 0 Å². The Hall–Kier alpha value is -1.51. The van der Waals surface area contributed by atoms with E-state index in [9.17, 15) is 4.79 Å². The standard InChI is InChI=1S/C24H41NO2/c1-2-3-4-5-6-7-8-9-10-11-12-13-14-15-19-22-27-24(26)25-23-20-17-16-18-21-23/h16-18,20-21H,2-15,19,22H2,1H3,(H,25,26). The van der Waals surface area contributed by atoms with Gasteiger partial charge < -0.3 is 4.74 Å². The Morgan fingerprint density at radius 3 is 1.63 bits per heavy atom. The summed E-state index contributed by atoms with van der Waals surface area (Å²) >= 11 is 0. The van der Waals surface area contributed by atoms with Crippen molar-refractivity contribution in [3.63, 3.8) is 0 Å². The Balaban J connectivity index is 1.76. The summed E-state index contributed by atoms with van der Waals surface area (Å²) in [5, 5.41) is 2.73. The lowest BCUT2D eigenvalue weighted by Gasteiger charge is -2.07. The van der Waals surface area contributed by atoms with Crippen LogP contribution in [0.25, 0.3) is 0 Å². The van der Waals surface area contributed by atoms with Gasteiger partial charge in [-0.1, -0.05) is 115 Å². The highest BCUT2D eigenvalue weighted by Gasteiger charge is 2.02. The average Bonchev–Trinajstić information content (AvgIpc) is 2.68. The minimum atomic E-state index is -0.355. The number of anilines is 1. The topological polar surface area (TPSA) is 38.3 Å². The molecule has 1 N–H and O–H groups in total. The van der Waals surface area contributed by atoms with E-state index in [2.05, 4.69) is 12.2 Å². The zero-order chi connectivity index (χ0) is 19.4. The highest BCUT2D eigenvalue weighted by Crippen LogP contribution is 2.13. The number of amides is 1. The summed E-state index contributed by atoms with van der Waals surface area (Å²) in [5.74, 6) is 0. The lowest BCUT2D eigenvalue weighted by molar-refractivity contribution is 0.159. The summed E-state index contributed by atoms with van der Waals surface area (Å²) in [7, 11) is 0. The molecule has 0 fully saturated rings. The van der Waals surface area contributed by atoms with Crippen molar-refractivity contribution in [2.45, 2.75) is 103 Å². The van der Waals surface area contributed by atoms with Gasteiger partial charge in [0.1, 0.15) is 0 Å². The smallest absolute Gasteiger partial charge is 0.411 e. The third kappa shape index (κ3) is 15.3. The van der Waals surface area contributed by atoms with Crippen LogP contribution in [0.2, 0.25) is 0 Å². The fraction of sp³-hybridized carbons (Fsp3) is 0.708. The second-order valence-corrected chi connectivity index (χ2v) is 7.58. The molecule has 154 valence electrons. The average molecular weight is 376 g/mol. The number of carbonyl (C=O) groups is 1. The van der Waals surface area contributed by atoms with Gasteiger partial charge in [-0.25, -0.2) is 4.79 Å². The number of rotatable bonds is 17. The minimum Gasteiger partial charge on any atom is -0.449 e. The maximum atomic E-state index is 11.6. The number of ether oxygens (including phenoxy) is 1. The molecule has 0 bridgehead atoms. The van der Waals surface area contributed by atoms with Crippen LogP contribution in [-0.2, 0) is 4.74 Å². The first-order chi connectivity index (χ1) is 13.3. The zero-order valence-electron chi connectivity index (χ0n) is 17.5. The van der Waals surface area contributed by atoms with Crippen molar-refractivity contribution >= 4 is 11.8 Å². The van der Waals surface area contributed by atoms with Crippen molar-refractivity contribution in [3.8, 4) is 0 Å². The Kier molecular flexibility index (Phi) is 15.6. The third-order valence-corrected chi connectivity index (χ3v) is 5.00. The molecule has 1 aromatic rings. The van der Waals surface area contributed by atoms with Gasteiger partial charge >= 0.3 is 6.09 Å². The van der Waals surface area contributed by atoms with E-state index in [1.807, 2.05) is 30.3 Å². The van der Waals surface area contributed by atoms with Crippen molar-refractivity contribution in [1.82, 2.24) is 0 Å². The number of para-hydroxylation sites is 1. The third-order valence-electron chi connectivity index (χ3n) is 5.00. The lowest BCUT2D eigenvalue weighted by Crippen LogP contribution is -2.14. The maximum absolute atomic E-state index is 11.6. The van der Waals surface area contributed by atoms with Crippen LogP contribution >= 0.6 is 0 Å². The monoisotopic (exact) mass is 375 g/mol. The molecule has 0 aliphatic carbocycles. The molecule has 0 aromatic heterocycles. The van der Waals surface area contributed by atoms with E-state index in [0.717, 1.165) is 18.5 Å². The molecular weight excluding hydrogens is 334 g/mol. The molecule has 1 aromatic carbocycles. The fourth-order valence-corrected chi connectivity index (χ4v) is 3.31. The van der Waals surface area contributed by atoms with Gasteiger partial charge in [0.2, 0.25) is 0 Å². The first-order valence-electron chi connectivity index (χ1n) is 11.3. The van der Waals surface area contributed by atoms with E-state index in [1.54, 1.807) is 0 Å². The summed E-state index contributed by atoms with van der Waals surface area (Å²) < 4.78 is 5.21. The molecule has 3 nitrogen and oxygen atoms in total. The van der Waals surface area contributed by atoms with Crippen LogP contribution in [0, 0.1) is 0 Å². The normalized spacial score (nSPS) is 10.7. The molecule has 27 heavy (non-hydrogen) atoms. The molecule has 0 aliphatic heterocycles. The number of unbranched alkanes of at least 4 members (excludes halogenated alkanes) is 14. The summed E-state index contributed by atoms with van der Waals surface area (Å²) in [5.41, 5.74) is 0.777. The summed E-state index contributed by atoms with van der Waals surface area (Å²) in [6.07, 6.45) is 19.8. The molecule has 1 amide bonds. The molecule has 0 unspecified atom stereocenters. The van der Waals surface area contributed by atoms with Crippen LogP contribution in [0.5, 0.6) is 0 Å². The van der Waals surface area contributed by atoms with E-state index in [-0.39, 0.29) is 6.09 Å². The van der Waals surface area contributed by atoms with Crippen LogP contribution < -0.4 is 5.32 Å². The van der Waals surface area contributed by atoms with Crippen LogP contribution in [0.3, 0.4) is 0 Å². The lowest BCUT2D eigenvalue weighted by atomic mass is 10.0. The van der Waals surface area contributed by atoms with Gasteiger partial charge in [0, 0.05) is 5.69 Å². The zero-order valence-corrected chi connectivity index (χ0v) is 17.5. The number of nitrogens with one attached hydrogen (secondary N) is 1. The van der Waals surface area contributed by atoms with Crippen LogP contribution in [0.1, 0.15) is 103 Å². The maximum Gasteiger partial charge on any atom is 0.411 e. The fourth-order valence-electron chi connectivity index (χ4n) is 3.31. The molecule has 0 saturated carbocycles. The van der Waals surface area contributed by atoms with Crippen LogP contribution in [-0.4, -0.2) is 12.7 Å². The summed E-state index contributed by atoms with van der Waals surface area (Å²) in [6, 6.07) is 9.42. The van der Waals surface area contributed by atoms with E-state index in [4.69, 9.17) is 4.74 Å². The van der Waals surface area contributed by atoms with Crippen molar-refractivity contribution in [1.29, 1.82) is 0 Å². The number of benzene rings is 1. The van der Waals surface area contributed by atoms with Gasteiger partial charge in [-0.15, -0.1) is 0 Å². The summed E-state index contributed by atoms with van der Waals surface area (Å²) in [6.45, 7) is 2.79. The largest absolute Gasteiger partial charge is 0.449 e. The predicted octanol–water partition coefficient (Wildman–Crippen LogP) is 8.11. The number of carbonyl (C=O) groups excluding carboxylic acids is 1. The first-order valence-corrected chi connectivity index (χ1v) is 11.3. The van der Waals surface area contributed by atoms with Crippen molar-refractivity contribution in [2.75, 3.05) is 11.9 Å². The Bertz CT molecular complexity index is 447. The molecule has 1 rings (SSSR count). The summed E-state index contributed by atoms with van der Waals surface area (Å²) in [4.78, 5) is 11.6. The molecule has 3 heteroatoms. The Labute approximate surface area is 167 Å². The quantitative estimate of drug-likeness (QED) is 0.279. The molecule has 0 radical (unpaired) electrons. The van der Waals surface area contributed by atoms with E-state index >= 15 is 0 Å². The molecule has 0 aliphatic rings. The highest BCUT2D eigenvalue weighted by molar-refractivity contribution is 5.84. The van der Waals surface area contributed by atoms with E-state index in [0.29, 0.717) is 6.61 Å². The SMILES string of the molecule is CCCCCCCCCCCCCCCCCOC(=O)Nc1ccccc1. The number of hydrogen-bond donors (Lipinski definition) is 1. The van der Waals surface area contributed by atoms with Gasteiger partial charge in [0.05, 0.1) is 6.61 Å². The molecule has 0 heterocycles. The Morgan fingerprint density at radius 2 is 1.15 bits per heavy atom. The van der Waals surface area contributed by atoms with Gasteiger partial charge in [-0.05, 0) is 18.6 Å². The highest BCUT2D eigenvalue weighted by atomic mass is 16.5. The van der Waals surface area contributed by atoms with Crippen LogP contribution in [0.15, 0.2) is 30.3 Å². The molecule has 0 saturated heterocycles. The van der Waals surface area contributed by atoms with Crippen LogP contribution in [0.4, 0.5) is 10.5 Å². The van der Waals surface area contributed by atoms with Crippen molar-refractivity contribution in [3.05, 3.63) is 30.3 Å². The van der Waals surface area contributed by atoms with Gasteiger partial charge in [0.15, 0.2) is 0 Å².